The van der Waals surface area contributed by atoms with E-state index in [-0.39, 0.29) is 54.5 Å². The van der Waals surface area contributed by atoms with Crippen LogP contribution in [0.3, 0.4) is 0 Å². The fourth-order valence-corrected chi connectivity index (χ4v) is 4.60. The van der Waals surface area contributed by atoms with Crippen molar-refractivity contribution in [2.24, 2.45) is 18.7 Å². The molecule has 212 valence electrons. The van der Waals surface area contributed by atoms with E-state index in [1.54, 1.807) is 0 Å². The van der Waals surface area contributed by atoms with E-state index in [1.165, 1.54) is 44.4 Å². The Morgan fingerprint density at radius 2 is 1.77 bits per heavy atom. The number of nitrogens with one attached hydrogen (secondary N) is 1. The van der Waals surface area contributed by atoms with E-state index in [0.717, 1.165) is 25.1 Å². The van der Waals surface area contributed by atoms with Gasteiger partial charge in [0.2, 0.25) is 0 Å². The zero-order valence-corrected chi connectivity index (χ0v) is 21.4. The lowest BCUT2D eigenvalue weighted by Gasteiger charge is -2.33. The number of nitrogens with zero attached hydrogens (tertiary/aromatic N) is 6. The highest BCUT2D eigenvalue weighted by molar-refractivity contribution is 6.03. The average molecular weight is 563 g/mol. The second kappa shape index (κ2) is 10.3. The number of halogens is 4. The maximum Gasteiger partial charge on any atom is 0.435 e. The summed E-state index contributed by atoms with van der Waals surface area (Å²) in [4.78, 5) is 43.7. The average Bonchev–Trinajstić information content (AvgIpc) is 3.47. The van der Waals surface area contributed by atoms with E-state index in [9.17, 15) is 31.9 Å². The van der Waals surface area contributed by atoms with Crippen LogP contribution in [0.5, 0.6) is 0 Å². The Bertz CT molecular complexity index is 1470. The van der Waals surface area contributed by atoms with Crippen molar-refractivity contribution in [3.05, 3.63) is 53.5 Å². The summed E-state index contributed by atoms with van der Waals surface area (Å²) >= 11 is 0. The summed E-state index contributed by atoms with van der Waals surface area (Å²) in [5.41, 5.74) is 3.82. The minimum absolute atomic E-state index is 0.0235. The van der Waals surface area contributed by atoms with Gasteiger partial charge in [-0.05, 0) is 37.0 Å². The van der Waals surface area contributed by atoms with E-state index in [2.05, 4.69) is 15.4 Å². The molecule has 0 unspecified atom stereocenters. The largest absolute Gasteiger partial charge is 0.435 e. The molecule has 1 aliphatic heterocycles. The number of piperazine rings is 1. The minimum Gasteiger partial charge on any atom is -0.351 e. The molecular weight excluding hydrogens is 536 g/mol. The zero-order valence-electron chi connectivity index (χ0n) is 21.4. The van der Waals surface area contributed by atoms with Crippen molar-refractivity contribution >= 4 is 23.5 Å². The van der Waals surface area contributed by atoms with Crippen LogP contribution in [0.4, 0.5) is 28.0 Å². The van der Waals surface area contributed by atoms with Gasteiger partial charge in [0, 0.05) is 51.7 Å². The molecule has 0 bridgehead atoms. The molecule has 0 radical (unpaired) electrons. The maximum absolute atomic E-state index is 14.9. The number of amides is 4. The van der Waals surface area contributed by atoms with Crippen molar-refractivity contribution in [1.82, 2.24) is 29.1 Å². The van der Waals surface area contributed by atoms with Gasteiger partial charge in [-0.1, -0.05) is 0 Å². The van der Waals surface area contributed by atoms with E-state index in [4.69, 9.17) is 5.73 Å². The Hall–Kier alpha value is -4.43. The number of nitrogens with two attached hydrogens (primary N) is 1. The lowest BCUT2D eigenvalue weighted by Crippen LogP contribution is -2.52. The minimum atomic E-state index is -4.71. The van der Waals surface area contributed by atoms with Crippen molar-refractivity contribution in [3.8, 4) is 11.3 Å². The second-order valence-corrected chi connectivity index (χ2v) is 9.85. The molecule has 3 N–H and O–H groups in total. The molecule has 1 saturated heterocycles. The molecule has 40 heavy (non-hydrogen) atoms. The fraction of sp³-hybridized carbons (Fsp3) is 0.400. The Balaban J connectivity index is 1.30. The number of rotatable bonds is 6. The standard InChI is InChI=1S/C25H26F4N8O3/c1-34-19(17-13-37(12-14-2-3-14)33-20(17)25(27,28)29)11-31-21(34)22(38)32-15-4-5-16(18(26)10-15)23(39)35-6-8-36(9-7-35)24(30)40/h4-5,10-11,13-14H,2-3,6-9,12H2,1H3,(H2,30,40)(H,32,38). The van der Waals surface area contributed by atoms with Gasteiger partial charge in [0.25, 0.3) is 11.8 Å². The normalized spacial score (nSPS) is 15.8. The van der Waals surface area contributed by atoms with Crippen LogP contribution in [0, 0.1) is 11.7 Å². The quantitative estimate of drug-likeness (QED) is 0.446. The first kappa shape index (κ1) is 27.1. The second-order valence-electron chi connectivity index (χ2n) is 9.85. The molecule has 3 heterocycles. The fourth-order valence-electron chi connectivity index (χ4n) is 4.60. The summed E-state index contributed by atoms with van der Waals surface area (Å²) in [6.07, 6.45) is -0.364. The number of hydrogen-bond donors (Lipinski definition) is 2. The van der Waals surface area contributed by atoms with Crippen LogP contribution in [0.25, 0.3) is 11.3 Å². The predicted octanol–water partition coefficient (Wildman–Crippen LogP) is 2.94. The van der Waals surface area contributed by atoms with Crippen molar-refractivity contribution in [3.63, 3.8) is 0 Å². The van der Waals surface area contributed by atoms with Crippen molar-refractivity contribution in [2.75, 3.05) is 31.5 Å². The van der Waals surface area contributed by atoms with E-state index < -0.39 is 35.5 Å². The number of alkyl halides is 3. The number of aromatic nitrogens is 4. The maximum atomic E-state index is 14.9. The molecule has 2 fully saturated rings. The van der Waals surface area contributed by atoms with Gasteiger partial charge < -0.3 is 25.4 Å². The lowest BCUT2D eigenvalue weighted by atomic mass is 10.1. The van der Waals surface area contributed by atoms with Gasteiger partial charge in [0.15, 0.2) is 11.5 Å². The Kier molecular flexibility index (Phi) is 6.98. The molecular formula is C25H26F4N8O3. The first-order valence-electron chi connectivity index (χ1n) is 12.5. The van der Waals surface area contributed by atoms with Crippen molar-refractivity contribution in [1.29, 1.82) is 0 Å². The molecule has 4 amide bonds. The summed E-state index contributed by atoms with van der Waals surface area (Å²) in [6.45, 7) is 1.22. The van der Waals surface area contributed by atoms with Gasteiger partial charge in [0.1, 0.15) is 5.82 Å². The SMILES string of the molecule is Cn1c(-c2cn(CC3CC3)nc2C(F)(F)F)cnc1C(=O)Nc1ccc(C(=O)N2CCN(C(N)=O)CC2)c(F)c1. The molecule has 0 atom stereocenters. The molecule has 2 aromatic heterocycles. The van der Waals surface area contributed by atoms with Crippen LogP contribution < -0.4 is 11.1 Å². The first-order valence-corrected chi connectivity index (χ1v) is 12.5. The van der Waals surface area contributed by atoms with Gasteiger partial charge in [-0.25, -0.2) is 14.2 Å². The molecule has 1 saturated carbocycles. The van der Waals surface area contributed by atoms with Crippen LogP contribution in [-0.2, 0) is 19.8 Å². The lowest BCUT2D eigenvalue weighted by molar-refractivity contribution is -0.141. The third-order valence-electron chi connectivity index (χ3n) is 6.98. The summed E-state index contributed by atoms with van der Waals surface area (Å²) in [5, 5.41) is 6.20. The van der Waals surface area contributed by atoms with Crippen LogP contribution >= 0.6 is 0 Å². The summed E-state index contributed by atoms with van der Waals surface area (Å²) in [5.74, 6) is -2.13. The van der Waals surface area contributed by atoms with Crippen LogP contribution in [0.2, 0.25) is 0 Å². The van der Waals surface area contributed by atoms with Gasteiger partial charge in [-0.15, -0.1) is 0 Å². The highest BCUT2D eigenvalue weighted by atomic mass is 19.4. The topological polar surface area (TPSA) is 131 Å². The number of carbonyl (C=O) groups is 3. The van der Waals surface area contributed by atoms with Gasteiger partial charge in [-0.2, -0.15) is 18.3 Å². The number of anilines is 1. The third-order valence-corrected chi connectivity index (χ3v) is 6.98. The number of hydrogen-bond acceptors (Lipinski definition) is 5. The number of carbonyl (C=O) groups excluding carboxylic acids is 3. The van der Waals surface area contributed by atoms with Crippen molar-refractivity contribution in [2.45, 2.75) is 25.6 Å². The van der Waals surface area contributed by atoms with Crippen molar-refractivity contribution < 1.29 is 31.9 Å². The van der Waals surface area contributed by atoms with Gasteiger partial charge in [-0.3, -0.25) is 14.3 Å². The highest BCUT2D eigenvalue weighted by Crippen LogP contribution is 2.37. The molecule has 11 nitrogen and oxygen atoms in total. The highest BCUT2D eigenvalue weighted by Gasteiger charge is 2.39. The van der Waals surface area contributed by atoms with E-state index >= 15 is 0 Å². The molecule has 2 aliphatic rings. The zero-order chi connectivity index (χ0) is 28.8. The van der Waals surface area contributed by atoms with Crippen LogP contribution in [0.1, 0.15) is 39.5 Å². The molecule has 5 rings (SSSR count). The van der Waals surface area contributed by atoms with Gasteiger partial charge in [0.05, 0.1) is 23.0 Å². The van der Waals surface area contributed by atoms with E-state index in [1.807, 2.05) is 0 Å². The first-order chi connectivity index (χ1) is 18.9. The Labute approximate surface area is 225 Å². The summed E-state index contributed by atoms with van der Waals surface area (Å²) in [6, 6.07) is 2.93. The molecule has 1 aliphatic carbocycles. The Morgan fingerprint density at radius 3 is 2.38 bits per heavy atom. The summed E-state index contributed by atoms with van der Waals surface area (Å²) in [7, 11) is 1.40. The Morgan fingerprint density at radius 1 is 1.10 bits per heavy atom. The number of benzene rings is 1. The predicted molar refractivity (Wildman–Crippen MR) is 134 cm³/mol. The van der Waals surface area contributed by atoms with Crippen LogP contribution in [0.15, 0.2) is 30.6 Å². The van der Waals surface area contributed by atoms with Gasteiger partial charge >= 0.3 is 12.2 Å². The number of imidazole rings is 1. The van der Waals surface area contributed by atoms with Crippen LogP contribution in [-0.4, -0.2) is 73.2 Å². The molecule has 15 heteroatoms. The van der Waals surface area contributed by atoms with E-state index in [0.29, 0.717) is 12.5 Å². The molecule has 0 spiro atoms. The number of urea groups is 1. The summed E-state index contributed by atoms with van der Waals surface area (Å²) < 4.78 is 58.5. The molecule has 3 aromatic rings. The monoisotopic (exact) mass is 562 g/mol. The smallest absolute Gasteiger partial charge is 0.351 e. The molecule has 1 aromatic carbocycles. The number of primary amides is 1. The third kappa shape index (κ3) is 5.49.